The van der Waals surface area contributed by atoms with Gasteiger partial charge in [0.25, 0.3) is 0 Å². The molecule has 1 aromatic heterocycles. The van der Waals surface area contributed by atoms with E-state index in [0.717, 1.165) is 0 Å². The third kappa shape index (κ3) is 3.74. The van der Waals surface area contributed by atoms with Crippen LogP contribution in [-0.2, 0) is 16.6 Å². The standard InChI is InChI=1S/C15H16N2O3S/c1-11-6-7-13(12(2)18)9-15(11)21(19,20)17-10-14-5-3-4-8-16-14/h3-9,17H,10H2,1-2H3. The van der Waals surface area contributed by atoms with Gasteiger partial charge in [-0.15, -0.1) is 0 Å². The monoisotopic (exact) mass is 304 g/mol. The molecular weight excluding hydrogens is 288 g/mol. The van der Waals surface area contributed by atoms with E-state index in [4.69, 9.17) is 0 Å². The van der Waals surface area contributed by atoms with Crippen LogP contribution in [0.15, 0.2) is 47.5 Å². The third-order valence-electron chi connectivity index (χ3n) is 3.05. The summed E-state index contributed by atoms with van der Waals surface area (Å²) in [7, 11) is -3.69. The number of ketones is 1. The lowest BCUT2D eigenvalue weighted by molar-refractivity contribution is 0.101. The zero-order valence-corrected chi connectivity index (χ0v) is 12.6. The summed E-state index contributed by atoms with van der Waals surface area (Å²) in [4.78, 5) is 15.6. The van der Waals surface area contributed by atoms with E-state index in [2.05, 4.69) is 9.71 Å². The van der Waals surface area contributed by atoms with Gasteiger partial charge in [-0.1, -0.05) is 18.2 Å². The number of nitrogens with zero attached hydrogens (tertiary/aromatic N) is 1. The second-order valence-corrected chi connectivity index (χ2v) is 6.42. The molecule has 1 heterocycles. The van der Waals surface area contributed by atoms with Crippen LogP contribution in [0.1, 0.15) is 28.5 Å². The molecule has 1 aromatic carbocycles. The Kier molecular flexibility index (Phi) is 4.50. The number of hydrogen-bond acceptors (Lipinski definition) is 4. The Hall–Kier alpha value is -2.05. The highest BCUT2D eigenvalue weighted by molar-refractivity contribution is 7.89. The predicted molar refractivity (Wildman–Crippen MR) is 79.4 cm³/mol. The topological polar surface area (TPSA) is 76.1 Å². The van der Waals surface area contributed by atoms with Crippen molar-refractivity contribution in [1.82, 2.24) is 9.71 Å². The van der Waals surface area contributed by atoms with Gasteiger partial charge in [-0.05, 0) is 37.6 Å². The smallest absolute Gasteiger partial charge is 0.241 e. The highest BCUT2D eigenvalue weighted by Crippen LogP contribution is 2.17. The first-order valence-electron chi connectivity index (χ1n) is 6.41. The van der Waals surface area contributed by atoms with Crippen LogP contribution in [0.25, 0.3) is 0 Å². The molecule has 21 heavy (non-hydrogen) atoms. The van der Waals surface area contributed by atoms with Gasteiger partial charge in [0, 0.05) is 11.8 Å². The highest BCUT2D eigenvalue weighted by Gasteiger charge is 2.18. The second kappa shape index (κ2) is 6.15. The molecule has 5 nitrogen and oxygen atoms in total. The van der Waals surface area contributed by atoms with E-state index in [1.807, 2.05) is 0 Å². The molecule has 1 N–H and O–H groups in total. The molecule has 2 rings (SSSR count). The SMILES string of the molecule is CC(=O)c1ccc(C)c(S(=O)(=O)NCc2ccccn2)c1. The lowest BCUT2D eigenvalue weighted by Gasteiger charge is -2.10. The fourth-order valence-electron chi connectivity index (χ4n) is 1.86. The second-order valence-electron chi connectivity index (χ2n) is 4.68. The van der Waals surface area contributed by atoms with Crippen molar-refractivity contribution in [2.24, 2.45) is 0 Å². The van der Waals surface area contributed by atoms with Gasteiger partial charge in [-0.2, -0.15) is 0 Å². The van der Waals surface area contributed by atoms with Crippen molar-refractivity contribution >= 4 is 15.8 Å². The summed E-state index contributed by atoms with van der Waals surface area (Å²) in [6.45, 7) is 3.20. The van der Waals surface area contributed by atoms with Gasteiger partial charge in [0.05, 0.1) is 17.1 Å². The molecule has 6 heteroatoms. The van der Waals surface area contributed by atoms with E-state index in [0.29, 0.717) is 16.8 Å². The summed E-state index contributed by atoms with van der Waals surface area (Å²) in [5, 5.41) is 0. The number of sulfonamides is 1. The van der Waals surface area contributed by atoms with E-state index in [1.165, 1.54) is 13.0 Å². The van der Waals surface area contributed by atoms with Crippen LogP contribution < -0.4 is 4.72 Å². The molecule has 0 atom stereocenters. The average molecular weight is 304 g/mol. The van der Waals surface area contributed by atoms with E-state index in [9.17, 15) is 13.2 Å². The minimum atomic E-state index is -3.69. The number of nitrogens with one attached hydrogen (secondary N) is 1. The summed E-state index contributed by atoms with van der Waals surface area (Å²) in [6.07, 6.45) is 1.60. The number of aromatic nitrogens is 1. The van der Waals surface area contributed by atoms with E-state index < -0.39 is 10.0 Å². The van der Waals surface area contributed by atoms with Crippen molar-refractivity contribution in [3.8, 4) is 0 Å². The van der Waals surface area contributed by atoms with Gasteiger partial charge < -0.3 is 0 Å². The lowest BCUT2D eigenvalue weighted by atomic mass is 10.1. The van der Waals surface area contributed by atoms with Crippen molar-refractivity contribution in [2.75, 3.05) is 0 Å². The van der Waals surface area contributed by atoms with E-state index in [1.54, 1.807) is 43.5 Å². The third-order valence-corrected chi connectivity index (χ3v) is 4.60. The van der Waals surface area contributed by atoms with Crippen LogP contribution in [0.2, 0.25) is 0 Å². The molecule has 0 spiro atoms. The van der Waals surface area contributed by atoms with Gasteiger partial charge in [0.1, 0.15) is 0 Å². The number of hydrogen-bond donors (Lipinski definition) is 1. The Balaban J connectivity index is 2.27. The molecule has 0 amide bonds. The summed E-state index contributed by atoms with van der Waals surface area (Å²) >= 11 is 0. The minimum absolute atomic E-state index is 0.104. The molecule has 2 aromatic rings. The fraction of sp³-hybridized carbons (Fsp3) is 0.200. The first-order chi connectivity index (χ1) is 9.90. The first-order valence-corrected chi connectivity index (χ1v) is 7.89. The maximum atomic E-state index is 12.4. The van der Waals surface area contributed by atoms with Gasteiger partial charge in [0.15, 0.2) is 5.78 Å². The molecule has 0 saturated heterocycles. The zero-order chi connectivity index (χ0) is 15.5. The number of pyridine rings is 1. The Morgan fingerprint density at radius 3 is 2.62 bits per heavy atom. The number of benzene rings is 1. The van der Waals surface area contributed by atoms with Gasteiger partial charge in [0.2, 0.25) is 10.0 Å². The fourth-order valence-corrected chi connectivity index (χ4v) is 3.13. The zero-order valence-electron chi connectivity index (χ0n) is 11.8. The molecule has 0 bridgehead atoms. The van der Waals surface area contributed by atoms with E-state index >= 15 is 0 Å². The number of Topliss-reactive ketones (excluding diaryl/α,β-unsaturated/α-hetero) is 1. The average Bonchev–Trinajstić information content (AvgIpc) is 2.46. The Bertz CT molecular complexity index is 756. The molecule has 0 saturated carbocycles. The van der Waals surface area contributed by atoms with Crippen LogP contribution in [0.3, 0.4) is 0 Å². The van der Waals surface area contributed by atoms with Gasteiger partial charge >= 0.3 is 0 Å². The molecule has 110 valence electrons. The molecule has 0 aliphatic rings. The van der Waals surface area contributed by atoms with Crippen molar-refractivity contribution in [1.29, 1.82) is 0 Å². The molecule has 0 aliphatic heterocycles. The molecular formula is C15H16N2O3S. The van der Waals surface area contributed by atoms with Gasteiger partial charge in [-0.25, -0.2) is 13.1 Å². The number of carbonyl (C=O) groups is 1. The summed E-state index contributed by atoms with van der Waals surface area (Å²) < 4.78 is 27.2. The minimum Gasteiger partial charge on any atom is -0.295 e. The normalized spacial score (nSPS) is 11.3. The van der Waals surface area contributed by atoms with Gasteiger partial charge in [-0.3, -0.25) is 9.78 Å². The van der Waals surface area contributed by atoms with Crippen LogP contribution in [0, 0.1) is 6.92 Å². The lowest BCUT2D eigenvalue weighted by Crippen LogP contribution is -2.24. The Morgan fingerprint density at radius 2 is 2.00 bits per heavy atom. The molecule has 0 unspecified atom stereocenters. The predicted octanol–water partition coefficient (Wildman–Crippen LogP) is 2.07. The van der Waals surface area contributed by atoms with Crippen LogP contribution in [0.4, 0.5) is 0 Å². The van der Waals surface area contributed by atoms with Crippen LogP contribution >= 0.6 is 0 Å². The number of carbonyl (C=O) groups excluding carboxylic acids is 1. The first kappa shape index (κ1) is 15.3. The molecule has 0 radical (unpaired) electrons. The quantitative estimate of drug-likeness (QED) is 0.858. The van der Waals surface area contributed by atoms with Crippen LogP contribution in [-0.4, -0.2) is 19.2 Å². The Labute approximate surface area is 124 Å². The molecule has 0 aliphatic carbocycles. The number of rotatable bonds is 5. The largest absolute Gasteiger partial charge is 0.295 e. The summed E-state index contributed by atoms with van der Waals surface area (Å²) in [5.41, 5.74) is 1.59. The van der Waals surface area contributed by atoms with Crippen molar-refractivity contribution in [3.05, 3.63) is 59.4 Å². The summed E-state index contributed by atoms with van der Waals surface area (Å²) in [6, 6.07) is 9.94. The van der Waals surface area contributed by atoms with Crippen molar-refractivity contribution < 1.29 is 13.2 Å². The number of aryl methyl sites for hydroxylation is 1. The highest BCUT2D eigenvalue weighted by atomic mass is 32.2. The molecule has 0 fully saturated rings. The van der Waals surface area contributed by atoms with Crippen LogP contribution in [0.5, 0.6) is 0 Å². The summed E-state index contributed by atoms with van der Waals surface area (Å²) in [5.74, 6) is -0.170. The van der Waals surface area contributed by atoms with E-state index in [-0.39, 0.29) is 17.2 Å². The van der Waals surface area contributed by atoms with Crippen molar-refractivity contribution in [3.63, 3.8) is 0 Å². The maximum Gasteiger partial charge on any atom is 0.241 e. The van der Waals surface area contributed by atoms with Crippen molar-refractivity contribution in [2.45, 2.75) is 25.3 Å². The maximum absolute atomic E-state index is 12.4. The Morgan fingerprint density at radius 1 is 1.24 bits per heavy atom.